The third-order valence-corrected chi connectivity index (χ3v) is 3.70. The standard InChI is InChI=1S/C12H11Cl2NOS/c13-11-4-3-9(12(14)15-11)8-16-6-5-10-2-1-7-17-10/h1-4,7H,5-6,8H2. The molecule has 2 aromatic rings. The zero-order valence-electron chi connectivity index (χ0n) is 9.03. The fraction of sp³-hybridized carbons (Fsp3) is 0.250. The van der Waals surface area contributed by atoms with Crippen LogP contribution in [0.2, 0.25) is 10.3 Å². The first-order chi connectivity index (χ1) is 8.25. The fourth-order valence-corrected chi connectivity index (χ4v) is 2.45. The van der Waals surface area contributed by atoms with E-state index >= 15 is 0 Å². The number of ether oxygens (including phenoxy) is 1. The number of hydrogen-bond donors (Lipinski definition) is 0. The molecule has 0 bridgehead atoms. The van der Waals surface area contributed by atoms with Crippen LogP contribution in [0.3, 0.4) is 0 Å². The maximum absolute atomic E-state index is 5.93. The van der Waals surface area contributed by atoms with Crippen LogP contribution in [0.15, 0.2) is 29.6 Å². The van der Waals surface area contributed by atoms with E-state index in [4.69, 9.17) is 27.9 Å². The van der Waals surface area contributed by atoms with E-state index in [2.05, 4.69) is 16.4 Å². The quantitative estimate of drug-likeness (QED) is 0.607. The maximum Gasteiger partial charge on any atom is 0.136 e. The molecule has 2 nitrogen and oxygen atoms in total. The van der Waals surface area contributed by atoms with Crippen LogP contribution in [-0.2, 0) is 17.8 Å². The van der Waals surface area contributed by atoms with Gasteiger partial charge >= 0.3 is 0 Å². The molecule has 0 atom stereocenters. The molecule has 2 aromatic heterocycles. The van der Waals surface area contributed by atoms with Crippen molar-refractivity contribution in [2.24, 2.45) is 0 Å². The second-order valence-corrected chi connectivity index (χ2v) is 5.24. The number of aromatic nitrogens is 1. The molecule has 0 aliphatic rings. The molecule has 0 aliphatic carbocycles. The fourth-order valence-electron chi connectivity index (χ4n) is 1.36. The lowest BCUT2D eigenvalue weighted by Crippen LogP contribution is -1.99. The Morgan fingerprint density at radius 1 is 1.24 bits per heavy atom. The monoisotopic (exact) mass is 287 g/mol. The van der Waals surface area contributed by atoms with Gasteiger partial charge in [-0.1, -0.05) is 35.3 Å². The molecule has 0 amide bonds. The van der Waals surface area contributed by atoms with Crippen molar-refractivity contribution in [3.63, 3.8) is 0 Å². The van der Waals surface area contributed by atoms with E-state index in [1.54, 1.807) is 17.4 Å². The highest BCUT2D eigenvalue weighted by atomic mass is 35.5. The Balaban J connectivity index is 1.78. The summed E-state index contributed by atoms with van der Waals surface area (Å²) in [4.78, 5) is 5.28. The van der Waals surface area contributed by atoms with Crippen LogP contribution in [0, 0.1) is 0 Å². The van der Waals surface area contributed by atoms with Gasteiger partial charge in [0.15, 0.2) is 0 Å². The van der Waals surface area contributed by atoms with Crippen molar-refractivity contribution >= 4 is 34.5 Å². The van der Waals surface area contributed by atoms with Crippen LogP contribution in [0.25, 0.3) is 0 Å². The van der Waals surface area contributed by atoms with Gasteiger partial charge in [-0.25, -0.2) is 4.98 Å². The number of nitrogens with zero attached hydrogens (tertiary/aromatic N) is 1. The summed E-state index contributed by atoms with van der Waals surface area (Å²) in [7, 11) is 0. The van der Waals surface area contributed by atoms with Crippen molar-refractivity contribution < 1.29 is 4.74 Å². The first kappa shape index (κ1) is 12.8. The van der Waals surface area contributed by atoms with Gasteiger partial charge in [0.25, 0.3) is 0 Å². The maximum atomic E-state index is 5.93. The van der Waals surface area contributed by atoms with Gasteiger partial charge in [0, 0.05) is 16.9 Å². The average molecular weight is 288 g/mol. The Morgan fingerprint density at radius 2 is 2.12 bits per heavy atom. The molecule has 0 radical (unpaired) electrons. The average Bonchev–Trinajstić information content (AvgIpc) is 2.79. The second-order valence-electron chi connectivity index (χ2n) is 3.47. The summed E-state index contributed by atoms with van der Waals surface area (Å²) in [6.45, 7) is 1.15. The molecule has 2 rings (SSSR count). The van der Waals surface area contributed by atoms with E-state index in [1.165, 1.54) is 4.88 Å². The van der Waals surface area contributed by atoms with Gasteiger partial charge in [0.1, 0.15) is 10.3 Å². The Kier molecular flexibility index (Phi) is 4.80. The van der Waals surface area contributed by atoms with Gasteiger partial charge < -0.3 is 4.74 Å². The zero-order valence-corrected chi connectivity index (χ0v) is 11.4. The highest BCUT2D eigenvalue weighted by molar-refractivity contribution is 7.09. The molecule has 5 heteroatoms. The number of rotatable bonds is 5. The molecule has 0 saturated carbocycles. The Labute approximate surface area is 114 Å². The largest absolute Gasteiger partial charge is 0.376 e. The molecule has 0 spiro atoms. The first-order valence-corrected chi connectivity index (χ1v) is 6.80. The van der Waals surface area contributed by atoms with Gasteiger partial charge in [0.05, 0.1) is 13.2 Å². The van der Waals surface area contributed by atoms with E-state index in [9.17, 15) is 0 Å². The van der Waals surface area contributed by atoms with E-state index in [1.807, 2.05) is 12.1 Å². The van der Waals surface area contributed by atoms with Crippen molar-refractivity contribution in [2.75, 3.05) is 6.61 Å². The summed E-state index contributed by atoms with van der Waals surface area (Å²) in [5.41, 5.74) is 0.863. The molecule has 0 fully saturated rings. The van der Waals surface area contributed by atoms with Gasteiger partial charge in [-0.15, -0.1) is 11.3 Å². The third kappa shape index (κ3) is 3.96. The Morgan fingerprint density at radius 3 is 2.82 bits per heavy atom. The van der Waals surface area contributed by atoms with Crippen molar-refractivity contribution in [3.05, 3.63) is 50.4 Å². The minimum Gasteiger partial charge on any atom is -0.376 e. The van der Waals surface area contributed by atoms with Crippen molar-refractivity contribution in [3.8, 4) is 0 Å². The smallest absolute Gasteiger partial charge is 0.136 e. The number of hydrogen-bond acceptors (Lipinski definition) is 3. The van der Waals surface area contributed by atoms with Crippen molar-refractivity contribution in [1.82, 2.24) is 4.98 Å². The lowest BCUT2D eigenvalue weighted by atomic mass is 10.3. The third-order valence-electron chi connectivity index (χ3n) is 2.22. The summed E-state index contributed by atoms with van der Waals surface area (Å²) in [5, 5.41) is 2.88. The summed E-state index contributed by atoms with van der Waals surface area (Å²) >= 11 is 13.4. The molecule has 17 heavy (non-hydrogen) atoms. The van der Waals surface area contributed by atoms with Crippen LogP contribution in [0.1, 0.15) is 10.4 Å². The molecule has 0 aliphatic heterocycles. The zero-order chi connectivity index (χ0) is 12.1. The predicted molar refractivity (Wildman–Crippen MR) is 71.9 cm³/mol. The molecule has 2 heterocycles. The highest BCUT2D eigenvalue weighted by Gasteiger charge is 2.03. The number of halogens is 2. The Hall–Kier alpha value is -0.610. The predicted octanol–water partition coefficient (Wildman–Crippen LogP) is 4.21. The van der Waals surface area contributed by atoms with Crippen LogP contribution in [0.5, 0.6) is 0 Å². The minimum absolute atomic E-state index is 0.400. The molecule has 90 valence electrons. The normalized spacial score (nSPS) is 10.7. The van der Waals surface area contributed by atoms with E-state index in [0.29, 0.717) is 23.5 Å². The molecular weight excluding hydrogens is 277 g/mol. The number of pyridine rings is 1. The number of thiophene rings is 1. The molecule has 0 unspecified atom stereocenters. The van der Waals surface area contributed by atoms with Gasteiger partial charge in [-0.05, 0) is 17.5 Å². The summed E-state index contributed by atoms with van der Waals surface area (Å²) in [6.07, 6.45) is 0.927. The van der Waals surface area contributed by atoms with Crippen LogP contribution in [-0.4, -0.2) is 11.6 Å². The van der Waals surface area contributed by atoms with E-state index in [-0.39, 0.29) is 0 Å². The van der Waals surface area contributed by atoms with Crippen LogP contribution >= 0.6 is 34.5 Å². The highest BCUT2D eigenvalue weighted by Crippen LogP contribution is 2.17. The minimum atomic E-state index is 0.400. The van der Waals surface area contributed by atoms with Crippen LogP contribution in [0.4, 0.5) is 0 Å². The SMILES string of the molecule is Clc1ccc(COCCc2cccs2)c(Cl)n1. The lowest BCUT2D eigenvalue weighted by Gasteiger charge is -2.05. The summed E-state index contributed by atoms with van der Waals surface area (Å²) < 4.78 is 5.55. The molecular formula is C12H11Cl2NOS. The van der Waals surface area contributed by atoms with Crippen LogP contribution < -0.4 is 0 Å². The second kappa shape index (κ2) is 6.36. The molecule has 0 N–H and O–H groups in total. The van der Waals surface area contributed by atoms with Gasteiger partial charge in [0.2, 0.25) is 0 Å². The Bertz CT molecular complexity index is 473. The summed E-state index contributed by atoms with van der Waals surface area (Å²) in [5.74, 6) is 0. The van der Waals surface area contributed by atoms with Gasteiger partial charge in [-0.3, -0.25) is 0 Å². The van der Waals surface area contributed by atoms with Crippen molar-refractivity contribution in [1.29, 1.82) is 0 Å². The van der Waals surface area contributed by atoms with Gasteiger partial charge in [-0.2, -0.15) is 0 Å². The first-order valence-electron chi connectivity index (χ1n) is 5.17. The lowest BCUT2D eigenvalue weighted by molar-refractivity contribution is 0.124. The summed E-state index contributed by atoms with van der Waals surface area (Å²) in [6, 6.07) is 7.69. The van der Waals surface area contributed by atoms with E-state index in [0.717, 1.165) is 12.0 Å². The van der Waals surface area contributed by atoms with E-state index < -0.39 is 0 Å². The van der Waals surface area contributed by atoms with Crippen molar-refractivity contribution in [2.45, 2.75) is 13.0 Å². The molecule has 0 saturated heterocycles. The molecule has 0 aromatic carbocycles. The topological polar surface area (TPSA) is 22.1 Å².